The molecule has 2 aliphatic rings. The second-order valence-electron chi connectivity index (χ2n) is 21.5. The lowest BCUT2D eigenvalue weighted by Gasteiger charge is -2.42. The van der Waals surface area contributed by atoms with Crippen LogP contribution < -0.4 is 4.90 Å². The Morgan fingerprint density at radius 1 is 0.263 bits per heavy atom. The topological polar surface area (TPSA) is 8.17 Å². The Balaban J connectivity index is 0.915. The molecule has 2 nitrogen and oxygen atoms in total. The minimum Gasteiger partial charge on any atom is -0.310 e. The van der Waals surface area contributed by atoms with Gasteiger partial charge in [0.2, 0.25) is 0 Å². The smallest absolute Gasteiger partial charge is 0.0743 e. The normalized spacial score (nSPS) is 13.4. The summed E-state index contributed by atoms with van der Waals surface area (Å²) in [6.45, 7) is 0. The first-order valence-electron chi connectivity index (χ1n) is 27.8. The Morgan fingerprint density at radius 2 is 0.713 bits per heavy atom. The molecule has 80 heavy (non-hydrogen) atoms. The first kappa shape index (κ1) is 45.9. The largest absolute Gasteiger partial charge is 0.310 e. The van der Waals surface area contributed by atoms with Crippen molar-refractivity contribution in [3.8, 4) is 39.1 Å². The standard InChI is InChI=1S/C78H52N2/c1-6-22-53(23-7-1)54-38-42-63(43-39-54)79(65-46-47-67-66-34-18-20-36-70(66)77(71(67)52-65,59-26-8-2-9-27-59)60-28-10-3-11-29-60)64-44-40-55(41-45-64)58-48-69-68-35-19-21-37-74(68)80-75-51-57-25-17-16-24-56(57)49-72(75)78(73(50-58)76(69)80,61-30-12-4-13-31-61)62-32-14-5-15-33-62/h1-52H. The number of aromatic nitrogens is 1. The van der Waals surface area contributed by atoms with E-state index in [9.17, 15) is 0 Å². The quantitative estimate of drug-likeness (QED) is 0.140. The van der Waals surface area contributed by atoms with Crippen LogP contribution in [-0.4, -0.2) is 4.57 Å². The summed E-state index contributed by atoms with van der Waals surface area (Å²) in [5.74, 6) is 0. The molecule has 2 heteroatoms. The Hall–Kier alpha value is -10.3. The molecule has 0 N–H and O–H groups in total. The van der Waals surface area contributed by atoms with Crippen LogP contribution >= 0.6 is 0 Å². The van der Waals surface area contributed by atoms with Gasteiger partial charge >= 0.3 is 0 Å². The summed E-state index contributed by atoms with van der Waals surface area (Å²) in [5, 5.41) is 4.93. The van der Waals surface area contributed by atoms with Crippen molar-refractivity contribution in [3.63, 3.8) is 0 Å². The summed E-state index contributed by atoms with van der Waals surface area (Å²) < 4.78 is 2.55. The summed E-state index contributed by atoms with van der Waals surface area (Å²) in [7, 11) is 0. The molecule has 1 aromatic heterocycles. The van der Waals surface area contributed by atoms with E-state index in [0.717, 1.165) is 22.6 Å². The monoisotopic (exact) mass is 1020 g/mol. The molecule has 0 unspecified atom stereocenters. The van der Waals surface area contributed by atoms with Crippen molar-refractivity contribution < 1.29 is 0 Å². The zero-order valence-corrected chi connectivity index (χ0v) is 43.9. The molecule has 0 atom stereocenters. The first-order valence-corrected chi connectivity index (χ1v) is 27.8. The molecule has 0 radical (unpaired) electrons. The van der Waals surface area contributed by atoms with Gasteiger partial charge < -0.3 is 9.47 Å². The molecular weight excluding hydrogens is 965 g/mol. The molecule has 0 saturated carbocycles. The molecule has 1 aliphatic carbocycles. The van der Waals surface area contributed by atoms with E-state index in [1.807, 2.05) is 0 Å². The maximum absolute atomic E-state index is 2.55. The van der Waals surface area contributed by atoms with Crippen LogP contribution in [0.4, 0.5) is 17.1 Å². The van der Waals surface area contributed by atoms with Crippen molar-refractivity contribution in [1.29, 1.82) is 0 Å². The van der Waals surface area contributed by atoms with Gasteiger partial charge in [0.25, 0.3) is 0 Å². The summed E-state index contributed by atoms with van der Waals surface area (Å²) in [4.78, 5) is 2.44. The number of anilines is 3. The summed E-state index contributed by atoms with van der Waals surface area (Å²) in [6.07, 6.45) is 0. The molecule has 0 bridgehead atoms. The molecule has 1 aliphatic heterocycles. The van der Waals surface area contributed by atoms with E-state index in [-0.39, 0.29) is 0 Å². The predicted octanol–water partition coefficient (Wildman–Crippen LogP) is 19.8. The highest BCUT2D eigenvalue weighted by molar-refractivity contribution is 6.14. The molecule has 0 amide bonds. The Kier molecular flexibility index (Phi) is 10.4. The number of fused-ring (bicyclic) bond motifs is 9. The highest BCUT2D eigenvalue weighted by Crippen LogP contribution is 2.59. The van der Waals surface area contributed by atoms with Gasteiger partial charge in [-0.1, -0.05) is 249 Å². The molecule has 16 rings (SSSR count). The van der Waals surface area contributed by atoms with E-state index in [0.29, 0.717) is 0 Å². The third-order valence-corrected chi connectivity index (χ3v) is 17.5. The molecule has 0 spiro atoms. The number of hydrogen-bond donors (Lipinski definition) is 0. The second-order valence-corrected chi connectivity index (χ2v) is 21.5. The van der Waals surface area contributed by atoms with Gasteiger partial charge in [-0.2, -0.15) is 0 Å². The van der Waals surface area contributed by atoms with Gasteiger partial charge in [-0.15, -0.1) is 0 Å². The van der Waals surface area contributed by atoms with Gasteiger partial charge in [0.15, 0.2) is 0 Å². The molecular formula is C78H52N2. The SMILES string of the molecule is c1ccc(-c2ccc(N(c3ccc(-c4cc5c6c(c4)c4ccccc4n6-c4cc6ccccc6cc4C5(c4ccccc4)c4ccccc4)cc3)c3ccc4c(c3)C(c3ccccc3)(c3ccccc3)c3ccccc3-4)cc2)cc1. The van der Waals surface area contributed by atoms with E-state index >= 15 is 0 Å². The van der Waals surface area contributed by atoms with Gasteiger partial charge in [0.05, 0.1) is 27.6 Å². The Morgan fingerprint density at radius 3 is 1.31 bits per heavy atom. The van der Waals surface area contributed by atoms with Crippen molar-refractivity contribution in [1.82, 2.24) is 4.57 Å². The molecule has 0 fully saturated rings. The van der Waals surface area contributed by atoms with E-state index in [1.165, 1.54) is 111 Å². The highest BCUT2D eigenvalue weighted by Gasteiger charge is 2.48. The lowest BCUT2D eigenvalue weighted by atomic mass is 9.62. The summed E-state index contributed by atoms with van der Waals surface area (Å²) in [5.41, 5.74) is 23.0. The van der Waals surface area contributed by atoms with Crippen molar-refractivity contribution in [2.45, 2.75) is 10.8 Å². The van der Waals surface area contributed by atoms with Gasteiger partial charge in [-0.05, 0) is 155 Å². The zero-order chi connectivity index (χ0) is 52.8. The van der Waals surface area contributed by atoms with Gasteiger partial charge in [-0.25, -0.2) is 0 Å². The third-order valence-electron chi connectivity index (χ3n) is 17.5. The van der Waals surface area contributed by atoms with Crippen LogP contribution in [0.25, 0.3) is 71.6 Å². The number of para-hydroxylation sites is 1. The predicted molar refractivity (Wildman–Crippen MR) is 333 cm³/mol. The number of hydrogen-bond acceptors (Lipinski definition) is 1. The van der Waals surface area contributed by atoms with Crippen LogP contribution in [-0.2, 0) is 10.8 Å². The van der Waals surface area contributed by atoms with Crippen LogP contribution in [0.2, 0.25) is 0 Å². The van der Waals surface area contributed by atoms with Crippen LogP contribution in [0.5, 0.6) is 0 Å². The fourth-order valence-electron chi connectivity index (χ4n) is 14.1. The summed E-state index contributed by atoms with van der Waals surface area (Å²) >= 11 is 0. The molecule has 0 saturated heterocycles. The number of rotatable bonds is 9. The number of benzene rings is 13. The fraction of sp³-hybridized carbons (Fsp3) is 0.0256. The first-order chi connectivity index (χ1) is 39.7. The minimum atomic E-state index is -0.648. The molecule has 14 aromatic rings. The Labute approximate surface area is 466 Å². The van der Waals surface area contributed by atoms with Crippen molar-refractivity contribution >= 4 is 49.6 Å². The van der Waals surface area contributed by atoms with Crippen LogP contribution in [0.3, 0.4) is 0 Å². The van der Waals surface area contributed by atoms with E-state index in [4.69, 9.17) is 0 Å². The van der Waals surface area contributed by atoms with Gasteiger partial charge in [-0.3, -0.25) is 0 Å². The lowest BCUT2D eigenvalue weighted by Crippen LogP contribution is -2.35. The third kappa shape index (κ3) is 6.73. The molecule has 2 heterocycles. The average Bonchev–Trinajstić information content (AvgIpc) is 4.21. The molecule has 13 aromatic carbocycles. The molecule has 374 valence electrons. The highest BCUT2D eigenvalue weighted by atomic mass is 15.1. The van der Waals surface area contributed by atoms with Gasteiger partial charge in [0.1, 0.15) is 0 Å². The van der Waals surface area contributed by atoms with E-state index in [2.05, 4.69) is 325 Å². The van der Waals surface area contributed by atoms with Gasteiger partial charge in [0, 0.05) is 27.8 Å². The zero-order valence-electron chi connectivity index (χ0n) is 43.9. The van der Waals surface area contributed by atoms with Crippen LogP contribution in [0.15, 0.2) is 315 Å². The van der Waals surface area contributed by atoms with Crippen LogP contribution in [0.1, 0.15) is 44.5 Å². The van der Waals surface area contributed by atoms with Crippen LogP contribution in [0, 0.1) is 0 Å². The maximum atomic E-state index is 2.55. The second kappa shape index (κ2) is 18.2. The summed E-state index contributed by atoms with van der Waals surface area (Å²) in [6, 6.07) is 118. The van der Waals surface area contributed by atoms with Crippen molar-refractivity contribution in [3.05, 3.63) is 360 Å². The van der Waals surface area contributed by atoms with Crippen molar-refractivity contribution in [2.24, 2.45) is 0 Å². The fourth-order valence-corrected chi connectivity index (χ4v) is 14.1. The lowest BCUT2D eigenvalue weighted by molar-refractivity contribution is 0.729. The minimum absolute atomic E-state index is 0.540. The average molecular weight is 1020 g/mol. The van der Waals surface area contributed by atoms with E-state index in [1.54, 1.807) is 0 Å². The van der Waals surface area contributed by atoms with Crippen molar-refractivity contribution in [2.75, 3.05) is 4.90 Å². The number of nitrogens with zero attached hydrogens (tertiary/aromatic N) is 2. The maximum Gasteiger partial charge on any atom is 0.0743 e. The Bertz CT molecular complexity index is 4580. The van der Waals surface area contributed by atoms with E-state index < -0.39 is 10.8 Å².